The number of nitrogen functional groups attached to an aromatic ring is 1. The summed E-state index contributed by atoms with van der Waals surface area (Å²) >= 11 is 0. The molecule has 2 aromatic rings. The van der Waals surface area contributed by atoms with Gasteiger partial charge in [-0.1, -0.05) is 19.1 Å². The molecule has 3 nitrogen and oxygen atoms in total. The second-order valence-electron chi connectivity index (χ2n) is 4.13. The first-order valence-electron chi connectivity index (χ1n) is 5.63. The molecule has 0 atom stereocenters. The van der Waals surface area contributed by atoms with E-state index in [4.69, 9.17) is 5.73 Å². The van der Waals surface area contributed by atoms with E-state index in [1.807, 2.05) is 13.0 Å². The van der Waals surface area contributed by atoms with Crippen LogP contribution in [0.25, 0.3) is 11.3 Å². The predicted molar refractivity (Wildman–Crippen MR) is 67.1 cm³/mol. The number of benzene rings is 1. The molecule has 2 rings (SSSR count). The Morgan fingerprint density at radius 3 is 2.76 bits per heavy atom. The van der Waals surface area contributed by atoms with Crippen LogP contribution in [0.3, 0.4) is 0 Å². The van der Waals surface area contributed by atoms with Gasteiger partial charge >= 0.3 is 0 Å². The largest absolute Gasteiger partial charge is 0.384 e. The van der Waals surface area contributed by atoms with Crippen molar-refractivity contribution >= 4 is 5.82 Å². The number of hydrogen-bond donors (Lipinski definition) is 1. The average molecular weight is 233 g/mol. The van der Waals surface area contributed by atoms with Gasteiger partial charge in [-0.25, -0.2) is 4.39 Å². The summed E-state index contributed by atoms with van der Waals surface area (Å²) in [5.41, 5.74) is 8.61. The van der Waals surface area contributed by atoms with Crippen LogP contribution in [0.15, 0.2) is 18.2 Å². The van der Waals surface area contributed by atoms with Crippen LogP contribution in [-0.4, -0.2) is 9.78 Å². The molecule has 0 spiro atoms. The number of nitrogens with zero attached hydrogens (tertiary/aromatic N) is 2. The molecule has 0 radical (unpaired) electrons. The van der Waals surface area contributed by atoms with Gasteiger partial charge < -0.3 is 5.73 Å². The van der Waals surface area contributed by atoms with Crippen molar-refractivity contribution in [2.75, 3.05) is 5.73 Å². The maximum atomic E-state index is 14.1. The van der Waals surface area contributed by atoms with Crippen LogP contribution in [0, 0.1) is 12.7 Å². The van der Waals surface area contributed by atoms with Crippen LogP contribution in [0.4, 0.5) is 10.2 Å². The lowest BCUT2D eigenvalue weighted by molar-refractivity contribution is 0.620. The third-order valence-electron chi connectivity index (χ3n) is 2.99. The molecule has 90 valence electrons. The minimum absolute atomic E-state index is 0.222. The molecule has 0 saturated carbocycles. The van der Waals surface area contributed by atoms with Gasteiger partial charge in [0.15, 0.2) is 0 Å². The van der Waals surface area contributed by atoms with Crippen molar-refractivity contribution in [3.8, 4) is 11.3 Å². The minimum Gasteiger partial charge on any atom is -0.384 e. The number of hydrogen-bond acceptors (Lipinski definition) is 2. The molecule has 0 saturated heterocycles. The van der Waals surface area contributed by atoms with Crippen molar-refractivity contribution in [2.24, 2.45) is 7.05 Å². The Kier molecular flexibility index (Phi) is 2.88. The van der Waals surface area contributed by atoms with Gasteiger partial charge in [0.25, 0.3) is 0 Å². The topological polar surface area (TPSA) is 43.8 Å². The van der Waals surface area contributed by atoms with Gasteiger partial charge in [0.1, 0.15) is 17.3 Å². The van der Waals surface area contributed by atoms with E-state index in [1.54, 1.807) is 30.8 Å². The lowest BCUT2D eigenvalue weighted by Gasteiger charge is -2.04. The number of aryl methyl sites for hydroxylation is 2. The zero-order valence-electron chi connectivity index (χ0n) is 10.3. The van der Waals surface area contributed by atoms with Crippen molar-refractivity contribution in [1.29, 1.82) is 0 Å². The van der Waals surface area contributed by atoms with Crippen LogP contribution >= 0.6 is 0 Å². The lowest BCUT2D eigenvalue weighted by atomic mass is 10.0. The molecule has 1 heterocycles. The van der Waals surface area contributed by atoms with Crippen molar-refractivity contribution < 1.29 is 4.39 Å². The molecule has 1 aromatic carbocycles. The van der Waals surface area contributed by atoms with Crippen LogP contribution in [0.1, 0.15) is 18.1 Å². The van der Waals surface area contributed by atoms with E-state index in [-0.39, 0.29) is 5.82 Å². The molecule has 0 aliphatic heterocycles. The zero-order valence-corrected chi connectivity index (χ0v) is 10.3. The van der Waals surface area contributed by atoms with Crippen molar-refractivity contribution in [2.45, 2.75) is 20.3 Å². The third kappa shape index (κ3) is 1.79. The van der Waals surface area contributed by atoms with Gasteiger partial charge in [-0.3, -0.25) is 4.68 Å². The number of aromatic nitrogens is 2. The molecule has 0 amide bonds. The maximum Gasteiger partial charge on any atom is 0.135 e. The maximum absolute atomic E-state index is 14.1. The molecule has 17 heavy (non-hydrogen) atoms. The van der Waals surface area contributed by atoms with Gasteiger partial charge in [0.2, 0.25) is 0 Å². The summed E-state index contributed by atoms with van der Waals surface area (Å²) in [6, 6.07) is 5.32. The summed E-state index contributed by atoms with van der Waals surface area (Å²) in [5.74, 6) is 0.378. The monoisotopic (exact) mass is 233 g/mol. The van der Waals surface area contributed by atoms with E-state index in [1.165, 1.54) is 0 Å². The first-order chi connectivity index (χ1) is 8.06. The summed E-state index contributed by atoms with van der Waals surface area (Å²) in [6.07, 6.45) is 0.738. The number of rotatable bonds is 2. The lowest BCUT2D eigenvalue weighted by Crippen LogP contribution is -1.98. The average Bonchev–Trinajstić information content (AvgIpc) is 2.59. The fourth-order valence-corrected chi connectivity index (χ4v) is 1.98. The van der Waals surface area contributed by atoms with Crippen LogP contribution in [0.2, 0.25) is 0 Å². The Hall–Kier alpha value is -1.84. The molecule has 4 heteroatoms. The first-order valence-corrected chi connectivity index (χ1v) is 5.63. The predicted octanol–water partition coefficient (Wildman–Crippen LogP) is 2.68. The van der Waals surface area contributed by atoms with Crippen LogP contribution in [0.5, 0.6) is 0 Å². The molecular weight excluding hydrogens is 217 g/mol. The Labute approximate surface area is 100 Å². The van der Waals surface area contributed by atoms with E-state index >= 15 is 0 Å². The van der Waals surface area contributed by atoms with Gasteiger partial charge in [-0.2, -0.15) is 5.10 Å². The standard InChI is InChI=1S/C13H16FN3/c1-4-9-12(16-17(3)13(9)15)10-7-5-6-8(2)11(10)14/h5-7H,4,15H2,1-3H3. The number of nitrogens with two attached hydrogens (primary N) is 1. The fourth-order valence-electron chi connectivity index (χ4n) is 1.98. The first kappa shape index (κ1) is 11.6. The second kappa shape index (κ2) is 4.20. The number of halogens is 1. The van der Waals surface area contributed by atoms with Crippen molar-refractivity contribution in [1.82, 2.24) is 9.78 Å². The second-order valence-corrected chi connectivity index (χ2v) is 4.13. The van der Waals surface area contributed by atoms with E-state index in [0.29, 0.717) is 22.6 Å². The van der Waals surface area contributed by atoms with Crippen LogP contribution in [-0.2, 0) is 13.5 Å². The fraction of sp³-hybridized carbons (Fsp3) is 0.308. The van der Waals surface area contributed by atoms with E-state index in [9.17, 15) is 4.39 Å². The van der Waals surface area contributed by atoms with Gasteiger partial charge in [-0.05, 0) is 25.0 Å². The Morgan fingerprint density at radius 2 is 2.12 bits per heavy atom. The number of anilines is 1. The molecule has 0 fully saturated rings. The molecule has 0 unspecified atom stereocenters. The summed E-state index contributed by atoms with van der Waals surface area (Å²) < 4.78 is 15.6. The van der Waals surface area contributed by atoms with Crippen molar-refractivity contribution in [3.63, 3.8) is 0 Å². The smallest absolute Gasteiger partial charge is 0.135 e. The molecule has 0 aliphatic carbocycles. The van der Waals surface area contributed by atoms with E-state index in [2.05, 4.69) is 5.10 Å². The molecule has 2 N–H and O–H groups in total. The van der Waals surface area contributed by atoms with E-state index in [0.717, 1.165) is 12.0 Å². The van der Waals surface area contributed by atoms with Gasteiger partial charge in [-0.15, -0.1) is 0 Å². The highest BCUT2D eigenvalue weighted by molar-refractivity contribution is 5.69. The quantitative estimate of drug-likeness (QED) is 0.866. The zero-order chi connectivity index (χ0) is 12.6. The Morgan fingerprint density at radius 1 is 1.41 bits per heavy atom. The normalized spacial score (nSPS) is 10.8. The van der Waals surface area contributed by atoms with Crippen molar-refractivity contribution in [3.05, 3.63) is 35.1 Å². The molecule has 1 aromatic heterocycles. The summed E-state index contributed by atoms with van der Waals surface area (Å²) in [7, 11) is 1.77. The Bertz CT molecular complexity index is 558. The van der Waals surface area contributed by atoms with Gasteiger partial charge in [0, 0.05) is 18.2 Å². The molecule has 0 bridgehead atoms. The highest BCUT2D eigenvalue weighted by Crippen LogP contribution is 2.30. The molecule has 0 aliphatic rings. The highest BCUT2D eigenvalue weighted by Gasteiger charge is 2.17. The Balaban J connectivity index is 2.68. The van der Waals surface area contributed by atoms with Gasteiger partial charge in [0.05, 0.1) is 0 Å². The summed E-state index contributed by atoms with van der Waals surface area (Å²) in [6.45, 7) is 3.74. The SMILES string of the molecule is CCc1c(-c2cccc(C)c2F)nn(C)c1N. The third-order valence-corrected chi connectivity index (χ3v) is 2.99. The highest BCUT2D eigenvalue weighted by atomic mass is 19.1. The molecular formula is C13H16FN3. The van der Waals surface area contributed by atoms with E-state index < -0.39 is 0 Å². The van der Waals surface area contributed by atoms with Crippen LogP contribution < -0.4 is 5.73 Å². The summed E-state index contributed by atoms with van der Waals surface area (Å²) in [4.78, 5) is 0. The summed E-state index contributed by atoms with van der Waals surface area (Å²) in [5, 5.41) is 4.30. The minimum atomic E-state index is -0.222.